The highest BCUT2D eigenvalue weighted by molar-refractivity contribution is 7.99. The third-order valence-electron chi connectivity index (χ3n) is 3.25. The molecule has 7 nitrogen and oxygen atoms in total. The third kappa shape index (κ3) is 6.69. The van der Waals surface area contributed by atoms with E-state index in [1.54, 1.807) is 0 Å². The first kappa shape index (κ1) is 18.8. The highest BCUT2D eigenvalue weighted by atomic mass is 32.2. The number of Topliss-reactive ketones (excluding diaryl/α,β-unsaturated/α-hetero) is 1. The summed E-state index contributed by atoms with van der Waals surface area (Å²) in [5.41, 5.74) is 5.21. The Bertz CT molecular complexity index is 445. The maximum Gasteiger partial charge on any atom is 0.240 e. The number of carbonyl (C=O) groups is 4. The Morgan fingerprint density at radius 3 is 2.77 bits per heavy atom. The lowest BCUT2D eigenvalue weighted by Gasteiger charge is -2.21. The summed E-state index contributed by atoms with van der Waals surface area (Å²) in [5, 5.41) is 5.16. The summed E-state index contributed by atoms with van der Waals surface area (Å²) >= 11 is 5.42. The van der Waals surface area contributed by atoms with Crippen LogP contribution in [0.15, 0.2) is 0 Å². The first-order valence-electron chi connectivity index (χ1n) is 7.00. The van der Waals surface area contributed by atoms with E-state index >= 15 is 0 Å². The molecule has 1 fully saturated rings. The minimum Gasteiger partial charge on any atom is -0.368 e. The Kier molecular flexibility index (Phi) is 8.32. The van der Waals surface area contributed by atoms with Gasteiger partial charge in [-0.05, 0) is 17.9 Å². The monoisotopic (exact) mass is 347 g/mol. The van der Waals surface area contributed by atoms with Gasteiger partial charge >= 0.3 is 0 Å². The van der Waals surface area contributed by atoms with Gasteiger partial charge in [-0.15, -0.1) is 0 Å². The number of rotatable bonds is 5. The molecule has 3 amide bonds. The van der Waals surface area contributed by atoms with Crippen LogP contribution in [0.25, 0.3) is 0 Å². The van der Waals surface area contributed by atoms with Crippen molar-refractivity contribution >= 4 is 47.9 Å². The van der Waals surface area contributed by atoms with Crippen LogP contribution in [-0.2, 0) is 19.2 Å². The second-order valence-corrected chi connectivity index (χ2v) is 6.60. The van der Waals surface area contributed by atoms with Crippen molar-refractivity contribution < 1.29 is 19.2 Å². The number of carbonyl (C=O) groups excluding carboxylic acids is 4. The second-order valence-electron chi connectivity index (χ2n) is 5.00. The van der Waals surface area contributed by atoms with Crippen LogP contribution in [0.4, 0.5) is 0 Å². The second kappa shape index (κ2) is 9.73. The van der Waals surface area contributed by atoms with Crippen molar-refractivity contribution in [2.45, 2.75) is 25.3 Å². The molecule has 124 valence electrons. The molecule has 0 aliphatic carbocycles. The average Bonchev–Trinajstić information content (AvgIpc) is 2.44. The number of hydrogen-bond donors (Lipinski definition) is 4. The van der Waals surface area contributed by atoms with Gasteiger partial charge < -0.3 is 16.4 Å². The number of nitrogens with one attached hydrogen (secondary N) is 2. The zero-order valence-corrected chi connectivity index (χ0v) is 13.9. The van der Waals surface area contributed by atoms with Crippen molar-refractivity contribution in [1.29, 1.82) is 0 Å². The first-order valence-corrected chi connectivity index (χ1v) is 8.79. The van der Waals surface area contributed by atoms with Gasteiger partial charge in [0.25, 0.3) is 0 Å². The molecule has 1 rings (SSSR count). The summed E-state index contributed by atoms with van der Waals surface area (Å²) in [6, 6.07) is -0.753. The SMILES string of the molecule is NC(=O)C1CSCCC(CNC(=O)CCS)C(=O)CC(=O)N1. The van der Waals surface area contributed by atoms with Crippen LogP contribution in [0.2, 0.25) is 0 Å². The standard InChI is InChI=1S/C13H21N3O4S2/c14-13(20)9-7-22-4-2-8(6-15-11(18)1-3-21)10(17)5-12(19)16-9/h8-9,21H,1-7H2,(H2,14,20)(H,15,18)(H,16,19). The fraction of sp³-hybridized carbons (Fsp3) is 0.692. The minimum absolute atomic E-state index is 0.161. The van der Waals surface area contributed by atoms with E-state index in [-0.39, 0.29) is 24.7 Å². The molecular formula is C13H21N3O4S2. The molecule has 0 aromatic heterocycles. The van der Waals surface area contributed by atoms with Gasteiger partial charge in [-0.3, -0.25) is 19.2 Å². The van der Waals surface area contributed by atoms with Gasteiger partial charge in [-0.25, -0.2) is 0 Å². The molecular weight excluding hydrogens is 326 g/mol. The number of hydrogen-bond acceptors (Lipinski definition) is 6. The Labute approximate surface area is 138 Å². The molecule has 0 aromatic rings. The third-order valence-corrected chi connectivity index (χ3v) is 4.57. The highest BCUT2D eigenvalue weighted by Gasteiger charge is 2.26. The molecule has 1 aliphatic heterocycles. The number of primary amides is 1. The minimum atomic E-state index is -0.753. The van der Waals surface area contributed by atoms with Crippen molar-refractivity contribution in [3.63, 3.8) is 0 Å². The summed E-state index contributed by atoms with van der Waals surface area (Å²) < 4.78 is 0. The lowest BCUT2D eigenvalue weighted by atomic mass is 9.98. The molecule has 1 aliphatic rings. The maximum atomic E-state index is 12.1. The zero-order chi connectivity index (χ0) is 16.5. The van der Waals surface area contributed by atoms with Crippen LogP contribution in [0, 0.1) is 5.92 Å². The summed E-state index contributed by atoms with van der Waals surface area (Å²) in [4.78, 5) is 46.6. The highest BCUT2D eigenvalue weighted by Crippen LogP contribution is 2.15. The molecule has 9 heteroatoms. The van der Waals surface area contributed by atoms with Crippen LogP contribution in [0.5, 0.6) is 0 Å². The zero-order valence-electron chi connectivity index (χ0n) is 12.2. The maximum absolute atomic E-state index is 12.1. The molecule has 0 aromatic carbocycles. The average molecular weight is 347 g/mol. The van der Waals surface area contributed by atoms with Crippen LogP contribution in [0.1, 0.15) is 19.3 Å². The van der Waals surface area contributed by atoms with E-state index in [2.05, 4.69) is 23.3 Å². The van der Waals surface area contributed by atoms with Gasteiger partial charge in [-0.2, -0.15) is 24.4 Å². The fourth-order valence-corrected chi connectivity index (χ4v) is 3.28. The Morgan fingerprint density at radius 2 is 2.14 bits per heavy atom. The van der Waals surface area contributed by atoms with Crippen molar-refractivity contribution in [3.05, 3.63) is 0 Å². The van der Waals surface area contributed by atoms with E-state index < -0.39 is 23.8 Å². The van der Waals surface area contributed by atoms with E-state index in [1.165, 1.54) is 11.8 Å². The number of thiol groups is 1. The molecule has 4 N–H and O–H groups in total. The van der Waals surface area contributed by atoms with Gasteiger partial charge in [0.2, 0.25) is 17.7 Å². The van der Waals surface area contributed by atoms with Crippen LogP contribution < -0.4 is 16.4 Å². The van der Waals surface area contributed by atoms with Crippen molar-refractivity contribution in [2.24, 2.45) is 11.7 Å². The summed E-state index contributed by atoms with van der Waals surface area (Å²) in [6.45, 7) is 0.221. The van der Waals surface area contributed by atoms with E-state index in [4.69, 9.17) is 5.73 Å². The normalized spacial score (nSPS) is 23.5. The summed E-state index contributed by atoms with van der Waals surface area (Å²) in [6.07, 6.45) is 0.532. The predicted molar refractivity (Wildman–Crippen MR) is 87.7 cm³/mol. The molecule has 1 saturated heterocycles. The lowest BCUT2D eigenvalue weighted by Crippen LogP contribution is -2.47. The van der Waals surface area contributed by atoms with Crippen molar-refractivity contribution in [3.8, 4) is 0 Å². The Hall–Kier alpha value is -1.22. The van der Waals surface area contributed by atoms with Crippen LogP contribution >= 0.6 is 24.4 Å². The van der Waals surface area contributed by atoms with E-state index in [9.17, 15) is 19.2 Å². The molecule has 1 heterocycles. The first-order chi connectivity index (χ1) is 10.4. The van der Waals surface area contributed by atoms with Crippen LogP contribution in [-0.4, -0.2) is 53.3 Å². The van der Waals surface area contributed by atoms with Crippen molar-refractivity contribution in [1.82, 2.24) is 10.6 Å². The fourth-order valence-electron chi connectivity index (χ4n) is 1.97. The number of amides is 3. The predicted octanol–water partition coefficient (Wildman–Crippen LogP) is -0.895. The van der Waals surface area contributed by atoms with E-state index in [0.717, 1.165) is 0 Å². The molecule has 0 radical (unpaired) electrons. The van der Waals surface area contributed by atoms with Gasteiger partial charge in [0.05, 0.1) is 6.42 Å². The molecule has 0 spiro atoms. The number of thioether (sulfide) groups is 1. The molecule has 0 bridgehead atoms. The summed E-state index contributed by atoms with van der Waals surface area (Å²) in [5.74, 6) is -0.441. The number of nitrogens with two attached hydrogens (primary N) is 1. The lowest BCUT2D eigenvalue weighted by molar-refractivity contribution is -0.132. The largest absolute Gasteiger partial charge is 0.368 e. The Balaban J connectivity index is 2.59. The van der Waals surface area contributed by atoms with Gasteiger partial charge in [-0.1, -0.05) is 0 Å². The van der Waals surface area contributed by atoms with Crippen molar-refractivity contribution in [2.75, 3.05) is 23.8 Å². The van der Waals surface area contributed by atoms with Gasteiger partial charge in [0.15, 0.2) is 0 Å². The molecule has 2 unspecified atom stereocenters. The quantitative estimate of drug-likeness (QED) is 0.380. The molecule has 22 heavy (non-hydrogen) atoms. The topological polar surface area (TPSA) is 118 Å². The smallest absolute Gasteiger partial charge is 0.240 e. The van der Waals surface area contributed by atoms with E-state index in [0.29, 0.717) is 30.1 Å². The van der Waals surface area contributed by atoms with Crippen LogP contribution in [0.3, 0.4) is 0 Å². The Morgan fingerprint density at radius 1 is 1.41 bits per heavy atom. The molecule has 0 saturated carbocycles. The van der Waals surface area contributed by atoms with Gasteiger partial charge in [0, 0.05) is 24.6 Å². The molecule has 2 atom stereocenters. The number of ketones is 1. The van der Waals surface area contributed by atoms with Gasteiger partial charge in [0.1, 0.15) is 11.8 Å². The summed E-state index contributed by atoms with van der Waals surface area (Å²) in [7, 11) is 0. The van der Waals surface area contributed by atoms with E-state index in [1.807, 2.05) is 0 Å².